The van der Waals surface area contributed by atoms with Gasteiger partial charge in [-0.25, -0.2) is 10.1 Å². The molecule has 0 radical (unpaired) electrons. The normalized spacial score (nSPS) is 13.6. The highest BCUT2D eigenvalue weighted by Gasteiger charge is 2.20. The minimum Gasteiger partial charge on any atom is -0.497 e. The fraction of sp³-hybridized carbons (Fsp3) is 0.235. The van der Waals surface area contributed by atoms with Crippen LogP contribution in [0.5, 0.6) is 5.75 Å². The molecule has 3 rings (SSSR count). The van der Waals surface area contributed by atoms with Crippen molar-refractivity contribution in [2.75, 3.05) is 18.6 Å². The van der Waals surface area contributed by atoms with E-state index in [1.165, 1.54) is 16.6 Å². The van der Waals surface area contributed by atoms with Gasteiger partial charge < -0.3 is 15.4 Å². The topological polar surface area (TPSA) is 72.2 Å². The van der Waals surface area contributed by atoms with Gasteiger partial charge in [-0.3, -0.25) is 0 Å². The molecule has 0 atom stereocenters. The molecule has 0 saturated heterocycles. The second kappa shape index (κ2) is 6.07. The predicted octanol–water partition coefficient (Wildman–Crippen LogP) is 2.05. The average Bonchev–Trinajstić information content (AvgIpc) is 2.53. The first-order valence-corrected chi connectivity index (χ1v) is 7.36. The molecule has 0 saturated carbocycles. The first-order chi connectivity index (χ1) is 10.7. The molecule has 5 heteroatoms. The number of methoxy groups -OCH3 is 1. The number of nitrogens with zero attached hydrogens (tertiary/aromatic N) is 1. The summed E-state index contributed by atoms with van der Waals surface area (Å²) in [6, 6.07) is 13.7. The quantitative estimate of drug-likeness (QED) is 0.852. The largest absolute Gasteiger partial charge is 0.497 e. The molecule has 0 aromatic heterocycles. The summed E-state index contributed by atoms with van der Waals surface area (Å²) < 4.78 is 5.31. The van der Waals surface area contributed by atoms with E-state index in [4.69, 9.17) is 10.5 Å². The Morgan fingerprint density at radius 1 is 1.27 bits per heavy atom. The number of carbonyl (C=O) groups is 1. The van der Waals surface area contributed by atoms with Crippen LogP contribution >= 0.6 is 0 Å². The number of hydrogen-bond acceptors (Lipinski definition) is 3. The van der Waals surface area contributed by atoms with Crippen molar-refractivity contribution in [3.8, 4) is 5.75 Å². The van der Waals surface area contributed by atoms with Crippen LogP contribution in [0.15, 0.2) is 42.5 Å². The third-order valence-corrected chi connectivity index (χ3v) is 3.90. The standard InChI is InChI=1S/C17H19N3O2/c1-22-15-6-2-5-14(11-15)20-9-3-4-12-10-13(19-17(18)21)7-8-16(12)20/h2,5-8,10-11H,3-4,9H2,1H3,(H3,18,19,21)/p+1. The fourth-order valence-electron chi connectivity index (χ4n) is 2.92. The van der Waals surface area contributed by atoms with Gasteiger partial charge in [-0.2, -0.15) is 0 Å². The van der Waals surface area contributed by atoms with E-state index in [-0.39, 0.29) is 0 Å². The molecule has 2 aromatic carbocycles. The second-order valence-electron chi connectivity index (χ2n) is 5.39. The Morgan fingerprint density at radius 3 is 2.91 bits per heavy atom. The van der Waals surface area contributed by atoms with Crippen LogP contribution in [-0.2, 0) is 6.42 Å². The van der Waals surface area contributed by atoms with Crippen LogP contribution in [0.1, 0.15) is 12.0 Å². The summed E-state index contributed by atoms with van der Waals surface area (Å²) in [7, 11) is 1.68. The van der Waals surface area contributed by atoms with Crippen LogP contribution in [0.3, 0.4) is 0 Å². The van der Waals surface area contributed by atoms with E-state index < -0.39 is 6.03 Å². The molecule has 5 nitrogen and oxygen atoms in total. The number of rotatable bonds is 3. The highest BCUT2D eigenvalue weighted by atomic mass is 16.5. The maximum Gasteiger partial charge on any atom is 0.415 e. The zero-order valence-corrected chi connectivity index (χ0v) is 12.6. The fourth-order valence-corrected chi connectivity index (χ4v) is 2.92. The molecular formula is C17H20N3O2+. The van der Waals surface area contributed by atoms with Crippen molar-refractivity contribution in [3.05, 3.63) is 48.0 Å². The molecule has 0 bridgehead atoms. The first-order valence-electron chi connectivity index (χ1n) is 7.36. The third-order valence-electron chi connectivity index (χ3n) is 3.90. The molecule has 22 heavy (non-hydrogen) atoms. The van der Waals surface area contributed by atoms with E-state index in [0.29, 0.717) is 0 Å². The third kappa shape index (κ3) is 2.89. The molecule has 1 aliphatic rings. The number of carbonyl (C=O) groups excluding carboxylic acids is 1. The van der Waals surface area contributed by atoms with Gasteiger partial charge in [0.1, 0.15) is 11.4 Å². The Hall–Kier alpha value is -2.53. The van der Waals surface area contributed by atoms with Gasteiger partial charge in [-0.15, -0.1) is 0 Å². The van der Waals surface area contributed by atoms with Crippen LogP contribution in [0, 0.1) is 0 Å². The average molecular weight is 298 g/mol. The number of benzene rings is 2. The Labute approximate surface area is 129 Å². The molecule has 0 spiro atoms. The summed E-state index contributed by atoms with van der Waals surface area (Å²) in [5.41, 5.74) is 9.63. The van der Waals surface area contributed by atoms with Crippen molar-refractivity contribution in [2.24, 2.45) is 5.73 Å². The summed E-state index contributed by atoms with van der Waals surface area (Å²) in [6.45, 7) is 0.971. The lowest BCUT2D eigenvalue weighted by molar-refractivity contribution is -0.461. The number of nitrogens with two attached hydrogens (primary N) is 2. The maximum atomic E-state index is 11.0. The van der Waals surface area contributed by atoms with Crippen LogP contribution in [-0.4, -0.2) is 19.7 Å². The predicted molar refractivity (Wildman–Crippen MR) is 85.9 cm³/mol. The van der Waals surface area contributed by atoms with Crippen molar-refractivity contribution < 1.29 is 14.8 Å². The number of amides is 2. The van der Waals surface area contributed by atoms with Gasteiger partial charge in [0.25, 0.3) is 0 Å². The first kappa shape index (κ1) is 14.4. The van der Waals surface area contributed by atoms with Crippen LogP contribution in [0.25, 0.3) is 0 Å². The van der Waals surface area contributed by atoms with Crippen molar-refractivity contribution in [1.82, 2.24) is 0 Å². The zero-order chi connectivity index (χ0) is 15.5. The summed E-state index contributed by atoms with van der Waals surface area (Å²) in [5.74, 6) is 0.850. The molecule has 2 amide bonds. The van der Waals surface area contributed by atoms with Crippen LogP contribution in [0.2, 0.25) is 0 Å². The molecule has 0 aliphatic carbocycles. The Kier molecular flexibility index (Phi) is 3.98. The van der Waals surface area contributed by atoms with Gasteiger partial charge in [0.2, 0.25) is 0 Å². The van der Waals surface area contributed by atoms with Gasteiger partial charge in [-0.05, 0) is 36.6 Å². The van der Waals surface area contributed by atoms with Crippen LogP contribution < -0.4 is 20.7 Å². The number of hydrogen-bond donors (Lipinski definition) is 2. The molecular weight excluding hydrogens is 278 g/mol. The summed E-state index contributed by atoms with van der Waals surface area (Å²) in [6.07, 6.45) is 2.08. The number of primary amides is 2. The smallest absolute Gasteiger partial charge is 0.415 e. The zero-order valence-electron chi connectivity index (χ0n) is 12.6. The SMILES string of the molecule is COc1cccc(N2CCCc3cc([NH2+]C(N)=O)ccc32)c1. The van der Waals surface area contributed by atoms with E-state index >= 15 is 0 Å². The van der Waals surface area contributed by atoms with E-state index in [0.717, 1.165) is 36.5 Å². The van der Waals surface area contributed by atoms with Gasteiger partial charge in [-0.1, -0.05) is 6.07 Å². The minimum atomic E-state index is -0.416. The van der Waals surface area contributed by atoms with Gasteiger partial charge in [0.05, 0.1) is 7.11 Å². The number of fused-ring (bicyclic) bond motifs is 1. The van der Waals surface area contributed by atoms with Gasteiger partial charge in [0, 0.05) is 36.1 Å². The summed E-state index contributed by atoms with van der Waals surface area (Å²) >= 11 is 0. The molecule has 0 unspecified atom stereocenters. The lowest BCUT2D eigenvalue weighted by Crippen LogP contribution is -2.84. The van der Waals surface area contributed by atoms with E-state index in [1.54, 1.807) is 7.11 Å². The lowest BCUT2D eigenvalue weighted by atomic mass is 10.00. The molecule has 1 heterocycles. The van der Waals surface area contributed by atoms with Crippen molar-refractivity contribution in [3.63, 3.8) is 0 Å². The van der Waals surface area contributed by atoms with E-state index in [2.05, 4.69) is 17.0 Å². The van der Waals surface area contributed by atoms with Crippen LogP contribution in [0.4, 0.5) is 21.9 Å². The summed E-state index contributed by atoms with van der Waals surface area (Å²) in [4.78, 5) is 13.3. The number of quaternary nitrogens is 1. The Morgan fingerprint density at radius 2 is 2.14 bits per heavy atom. The highest BCUT2D eigenvalue weighted by molar-refractivity contribution is 5.71. The van der Waals surface area contributed by atoms with Crippen molar-refractivity contribution in [1.29, 1.82) is 0 Å². The lowest BCUT2D eigenvalue weighted by Gasteiger charge is -2.31. The van der Waals surface area contributed by atoms with E-state index in [9.17, 15) is 4.79 Å². The Balaban J connectivity index is 1.95. The van der Waals surface area contributed by atoms with Gasteiger partial charge >= 0.3 is 6.03 Å². The number of ether oxygens (including phenoxy) is 1. The highest BCUT2D eigenvalue weighted by Crippen LogP contribution is 2.35. The van der Waals surface area contributed by atoms with Crippen molar-refractivity contribution >= 4 is 23.1 Å². The summed E-state index contributed by atoms with van der Waals surface area (Å²) in [5, 5.41) is 1.46. The molecule has 1 aliphatic heterocycles. The molecule has 4 N–H and O–H groups in total. The number of urea groups is 1. The maximum absolute atomic E-state index is 11.0. The molecule has 0 fully saturated rings. The Bertz CT molecular complexity index is 700. The molecule has 114 valence electrons. The number of aryl methyl sites for hydroxylation is 1. The minimum absolute atomic E-state index is 0.416. The second-order valence-corrected chi connectivity index (χ2v) is 5.39. The molecule has 2 aromatic rings. The monoisotopic (exact) mass is 298 g/mol. The van der Waals surface area contributed by atoms with E-state index in [1.807, 2.05) is 30.3 Å². The van der Waals surface area contributed by atoms with Crippen molar-refractivity contribution in [2.45, 2.75) is 12.8 Å². The number of anilines is 2. The van der Waals surface area contributed by atoms with Gasteiger partial charge in [0.15, 0.2) is 0 Å².